The average molecular weight is 482 g/mol. The number of rotatable bonds is 8. The first-order valence-corrected chi connectivity index (χ1v) is 12.0. The summed E-state index contributed by atoms with van der Waals surface area (Å²) in [5.41, 5.74) is 0.997. The van der Waals surface area contributed by atoms with Crippen molar-refractivity contribution in [1.29, 1.82) is 0 Å². The smallest absolute Gasteiger partial charge is 0.244 e. The second-order valence-corrected chi connectivity index (χ2v) is 9.59. The van der Waals surface area contributed by atoms with Crippen LogP contribution in [0.2, 0.25) is 5.02 Å². The Labute approximate surface area is 191 Å². The molecule has 1 aliphatic rings. The molecule has 1 unspecified atom stereocenters. The maximum absolute atomic E-state index is 13.3. The van der Waals surface area contributed by atoms with Crippen LogP contribution < -0.4 is 19.1 Å². The van der Waals surface area contributed by atoms with Crippen molar-refractivity contribution >= 4 is 39.1 Å². The van der Waals surface area contributed by atoms with Crippen LogP contribution in [0.3, 0.4) is 0 Å². The molecule has 0 saturated carbocycles. The highest BCUT2D eigenvalue weighted by Crippen LogP contribution is 2.36. The molecular formula is C21H24ClN3O6S. The largest absolute Gasteiger partial charge is 0.454 e. The third kappa shape index (κ3) is 5.43. The monoisotopic (exact) mass is 481 g/mol. The number of carbonyl (C=O) groups excluding carboxylic acids is 2. The van der Waals surface area contributed by atoms with Gasteiger partial charge in [-0.1, -0.05) is 23.7 Å². The summed E-state index contributed by atoms with van der Waals surface area (Å²) in [6, 6.07) is 10.6. The first-order chi connectivity index (χ1) is 15.1. The lowest BCUT2D eigenvalue weighted by molar-refractivity contribution is -0.139. The van der Waals surface area contributed by atoms with Crippen molar-refractivity contribution < 1.29 is 27.5 Å². The van der Waals surface area contributed by atoms with Crippen molar-refractivity contribution in [3.63, 3.8) is 0 Å². The number of ether oxygens (including phenoxy) is 2. The van der Waals surface area contributed by atoms with Crippen molar-refractivity contribution in [2.24, 2.45) is 0 Å². The second kappa shape index (κ2) is 9.66. The summed E-state index contributed by atoms with van der Waals surface area (Å²) >= 11 is 5.94. The summed E-state index contributed by atoms with van der Waals surface area (Å²) < 4.78 is 36.6. The first kappa shape index (κ1) is 23.7. The van der Waals surface area contributed by atoms with Crippen molar-refractivity contribution in [1.82, 2.24) is 10.2 Å². The average Bonchev–Trinajstić information content (AvgIpc) is 3.23. The minimum absolute atomic E-state index is 0.0368. The molecule has 9 nitrogen and oxygen atoms in total. The van der Waals surface area contributed by atoms with Crippen molar-refractivity contribution in [2.75, 3.05) is 30.9 Å². The van der Waals surface area contributed by atoms with E-state index in [9.17, 15) is 18.0 Å². The molecule has 2 aromatic rings. The number of sulfonamides is 1. The van der Waals surface area contributed by atoms with E-state index in [1.54, 1.807) is 37.3 Å². The van der Waals surface area contributed by atoms with Gasteiger partial charge in [0.2, 0.25) is 28.6 Å². The van der Waals surface area contributed by atoms with Crippen LogP contribution in [0.15, 0.2) is 42.5 Å². The third-order valence-corrected chi connectivity index (χ3v) is 6.40. The highest BCUT2D eigenvalue weighted by molar-refractivity contribution is 7.92. The van der Waals surface area contributed by atoms with E-state index >= 15 is 0 Å². The number of nitrogens with zero attached hydrogens (tertiary/aromatic N) is 2. The molecule has 0 fully saturated rings. The number of anilines is 1. The van der Waals surface area contributed by atoms with Gasteiger partial charge in [0.25, 0.3) is 0 Å². The number of likely N-dealkylation sites (N-methyl/N-ethyl adjacent to an activating group) is 1. The van der Waals surface area contributed by atoms with E-state index in [1.807, 2.05) is 0 Å². The predicted molar refractivity (Wildman–Crippen MR) is 120 cm³/mol. The minimum atomic E-state index is -3.82. The Morgan fingerprint density at radius 3 is 2.41 bits per heavy atom. The molecule has 172 valence electrons. The second-order valence-electron chi connectivity index (χ2n) is 7.25. The highest BCUT2D eigenvalue weighted by Gasteiger charge is 2.30. The lowest BCUT2D eigenvalue weighted by Gasteiger charge is -2.31. The van der Waals surface area contributed by atoms with Gasteiger partial charge in [-0.05, 0) is 36.8 Å². The lowest BCUT2D eigenvalue weighted by Crippen LogP contribution is -2.50. The summed E-state index contributed by atoms with van der Waals surface area (Å²) in [6.07, 6.45) is 1.01. The number of hydrogen-bond acceptors (Lipinski definition) is 6. The number of benzene rings is 2. The van der Waals surface area contributed by atoms with Crippen LogP contribution in [-0.2, 0) is 26.2 Å². The van der Waals surface area contributed by atoms with E-state index < -0.39 is 28.5 Å². The molecule has 1 atom stereocenters. The Kier molecular flexibility index (Phi) is 7.15. The molecule has 2 amide bonds. The topological polar surface area (TPSA) is 105 Å². The standard InChI is InChI=1S/C21H24ClN3O6S/c1-14(21(27)23-2)24(11-15-4-6-16(22)7-5-15)20(26)12-25(32(3,28)29)17-8-9-18-19(10-17)31-13-30-18/h4-10,14H,11-13H2,1-3H3,(H,23,27). The van der Waals surface area contributed by atoms with Gasteiger partial charge in [-0.2, -0.15) is 0 Å². The number of hydrogen-bond donors (Lipinski definition) is 1. The molecule has 0 radical (unpaired) electrons. The summed E-state index contributed by atoms with van der Waals surface area (Å²) in [4.78, 5) is 26.9. The highest BCUT2D eigenvalue weighted by atomic mass is 35.5. The zero-order valence-electron chi connectivity index (χ0n) is 17.9. The van der Waals surface area contributed by atoms with Crippen LogP contribution in [0.25, 0.3) is 0 Å². The molecular weight excluding hydrogens is 458 g/mol. The summed E-state index contributed by atoms with van der Waals surface area (Å²) in [7, 11) is -2.35. The van der Waals surface area contributed by atoms with Crippen molar-refractivity contribution in [3.8, 4) is 11.5 Å². The normalized spacial score (nSPS) is 13.4. The molecule has 1 aliphatic heterocycles. The van der Waals surface area contributed by atoms with Gasteiger partial charge in [0.05, 0.1) is 11.9 Å². The van der Waals surface area contributed by atoms with Crippen LogP contribution >= 0.6 is 11.6 Å². The van der Waals surface area contributed by atoms with E-state index in [1.165, 1.54) is 24.1 Å². The van der Waals surface area contributed by atoms with Crippen LogP contribution in [0.5, 0.6) is 11.5 Å². The maximum Gasteiger partial charge on any atom is 0.244 e. The molecule has 0 saturated heterocycles. The van der Waals surface area contributed by atoms with E-state index in [0.29, 0.717) is 16.5 Å². The van der Waals surface area contributed by atoms with Gasteiger partial charge in [0.1, 0.15) is 12.6 Å². The third-order valence-electron chi connectivity index (χ3n) is 5.00. The van der Waals surface area contributed by atoms with Gasteiger partial charge in [0.15, 0.2) is 11.5 Å². The Morgan fingerprint density at radius 2 is 1.78 bits per heavy atom. The van der Waals surface area contributed by atoms with E-state index in [2.05, 4.69) is 5.32 Å². The first-order valence-electron chi connectivity index (χ1n) is 9.73. The van der Waals surface area contributed by atoms with E-state index in [-0.39, 0.29) is 24.9 Å². The molecule has 1 N–H and O–H groups in total. The number of amides is 2. The minimum Gasteiger partial charge on any atom is -0.454 e. The molecule has 0 aromatic heterocycles. The van der Waals surface area contributed by atoms with Crippen LogP contribution in [0, 0.1) is 0 Å². The van der Waals surface area contributed by atoms with Crippen LogP contribution in [0.4, 0.5) is 5.69 Å². The van der Waals surface area contributed by atoms with Crippen LogP contribution in [-0.4, -0.2) is 57.8 Å². The molecule has 11 heteroatoms. The van der Waals surface area contributed by atoms with Gasteiger partial charge in [-0.15, -0.1) is 0 Å². The van der Waals surface area contributed by atoms with Crippen molar-refractivity contribution in [3.05, 3.63) is 53.1 Å². The molecule has 3 rings (SSSR count). The Morgan fingerprint density at radius 1 is 1.12 bits per heavy atom. The fourth-order valence-corrected chi connectivity index (χ4v) is 4.20. The quantitative estimate of drug-likeness (QED) is 0.618. The van der Waals surface area contributed by atoms with E-state index in [4.69, 9.17) is 21.1 Å². The Bertz CT molecular complexity index is 1110. The summed E-state index contributed by atoms with van der Waals surface area (Å²) in [6.45, 7) is 1.23. The zero-order valence-corrected chi connectivity index (χ0v) is 19.4. The van der Waals surface area contributed by atoms with Gasteiger partial charge >= 0.3 is 0 Å². The van der Waals surface area contributed by atoms with Crippen molar-refractivity contribution in [2.45, 2.75) is 19.5 Å². The van der Waals surface area contributed by atoms with Crippen LogP contribution in [0.1, 0.15) is 12.5 Å². The fraction of sp³-hybridized carbons (Fsp3) is 0.333. The predicted octanol–water partition coefficient (Wildman–Crippen LogP) is 2.00. The fourth-order valence-electron chi connectivity index (χ4n) is 3.23. The number of fused-ring (bicyclic) bond motifs is 1. The van der Waals surface area contributed by atoms with Gasteiger partial charge in [0, 0.05) is 24.7 Å². The molecule has 32 heavy (non-hydrogen) atoms. The molecule has 2 aromatic carbocycles. The number of carbonyl (C=O) groups is 2. The van der Waals surface area contributed by atoms with Gasteiger partial charge in [-0.25, -0.2) is 8.42 Å². The lowest BCUT2D eigenvalue weighted by atomic mass is 10.1. The zero-order chi connectivity index (χ0) is 23.5. The Balaban J connectivity index is 1.90. The maximum atomic E-state index is 13.3. The van der Waals surface area contributed by atoms with Gasteiger partial charge < -0.3 is 19.7 Å². The summed E-state index contributed by atoms with van der Waals surface area (Å²) in [5, 5.41) is 3.06. The Hall–Kier alpha value is -2.98. The number of halogens is 1. The van der Waals surface area contributed by atoms with E-state index in [0.717, 1.165) is 16.1 Å². The molecule has 0 bridgehead atoms. The molecule has 0 aliphatic carbocycles. The van der Waals surface area contributed by atoms with Gasteiger partial charge in [-0.3, -0.25) is 13.9 Å². The molecule has 0 spiro atoms. The number of nitrogens with one attached hydrogen (secondary N) is 1. The SMILES string of the molecule is CNC(=O)C(C)N(Cc1ccc(Cl)cc1)C(=O)CN(c1ccc2c(c1)OCO2)S(C)(=O)=O. The summed E-state index contributed by atoms with van der Waals surface area (Å²) in [5.74, 6) is -0.0353. The molecule has 1 heterocycles.